The van der Waals surface area contributed by atoms with E-state index in [0.29, 0.717) is 12.0 Å². The molecule has 3 atom stereocenters. The molecule has 0 radical (unpaired) electrons. The normalized spacial score (nSPS) is 30.4. The Morgan fingerprint density at radius 3 is 2.56 bits per heavy atom. The summed E-state index contributed by atoms with van der Waals surface area (Å²) in [6.07, 6.45) is 5.25. The van der Waals surface area contributed by atoms with Gasteiger partial charge in [0.1, 0.15) is 0 Å². The van der Waals surface area contributed by atoms with Crippen molar-refractivity contribution in [3.8, 4) is 0 Å². The Morgan fingerprint density at radius 1 is 1.38 bits per heavy atom. The molecule has 0 aromatic rings. The molecule has 0 aliphatic heterocycles. The highest BCUT2D eigenvalue weighted by Crippen LogP contribution is 2.28. The summed E-state index contributed by atoms with van der Waals surface area (Å²) >= 11 is 0. The van der Waals surface area contributed by atoms with Gasteiger partial charge in [-0.2, -0.15) is 0 Å². The maximum Gasteiger partial charge on any atom is 0.224 e. The van der Waals surface area contributed by atoms with Crippen LogP contribution in [-0.4, -0.2) is 18.0 Å². The van der Waals surface area contributed by atoms with Gasteiger partial charge in [0.25, 0.3) is 0 Å². The Hall–Kier alpha value is -0.570. The van der Waals surface area contributed by atoms with Crippen LogP contribution in [0.1, 0.15) is 52.9 Å². The zero-order valence-electron chi connectivity index (χ0n) is 10.8. The zero-order chi connectivity index (χ0) is 12.1. The van der Waals surface area contributed by atoms with Crippen LogP contribution in [0.15, 0.2) is 0 Å². The average molecular weight is 226 g/mol. The van der Waals surface area contributed by atoms with Crippen molar-refractivity contribution in [2.45, 2.75) is 65.0 Å². The van der Waals surface area contributed by atoms with Gasteiger partial charge in [-0.05, 0) is 31.6 Å². The number of nitrogens with two attached hydrogens (primary N) is 1. The van der Waals surface area contributed by atoms with E-state index in [2.05, 4.69) is 26.1 Å². The Labute approximate surface area is 99.2 Å². The van der Waals surface area contributed by atoms with Crippen molar-refractivity contribution in [1.29, 1.82) is 0 Å². The van der Waals surface area contributed by atoms with Gasteiger partial charge in [-0.15, -0.1) is 0 Å². The first kappa shape index (κ1) is 13.5. The maximum absolute atomic E-state index is 12.1. The summed E-state index contributed by atoms with van der Waals surface area (Å²) in [5.74, 6) is 0.684. The lowest BCUT2D eigenvalue weighted by Gasteiger charge is -2.33. The summed E-state index contributed by atoms with van der Waals surface area (Å²) in [6.45, 7) is 6.37. The van der Waals surface area contributed by atoms with Gasteiger partial charge in [0.15, 0.2) is 0 Å². The van der Waals surface area contributed by atoms with Crippen LogP contribution in [0.3, 0.4) is 0 Å². The Balaban J connectivity index is 2.52. The molecule has 0 aromatic heterocycles. The van der Waals surface area contributed by atoms with Crippen LogP contribution in [0.2, 0.25) is 0 Å². The number of amides is 1. The molecule has 0 bridgehead atoms. The minimum Gasteiger partial charge on any atom is -0.353 e. The minimum absolute atomic E-state index is 0.0318. The van der Waals surface area contributed by atoms with E-state index in [-0.39, 0.29) is 17.9 Å². The third kappa shape index (κ3) is 3.21. The summed E-state index contributed by atoms with van der Waals surface area (Å²) in [5, 5.41) is 3.12. The number of hydrogen-bond donors (Lipinski definition) is 2. The lowest BCUT2D eigenvalue weighted by atomic mass is 9.77. The first-order chi connectivity index (χ1) is 7.60. The molecule has 1 rings (SSSR count). The lowest BCUT2D eigenvalue weighted by molar-refractivity contribution is -0.127. The number of carbonyl (C=O) groups excluding carboxylic acids is 1. The molecule has 3 unspecified atom stereocenters. The number of nitrogens with one attached hydrogen (secondary N) is 1. The van der Waals surface area contributed by atoms with E-state index in [1.165, 1.54) is 0 Å². The molecule has 1 saturated carbocycles. The second-order valence-electron chi connectivity index (χ2n) is 5.11. The smallest absolute Gasteiger partial charge is 0.224 e. The molecule has 3 heteroatoms. The van der Waals surface area contributed by atoms with Crippen molar-refractivity contribution in [2.75, 3.05) is 0 Å². The van der Waals surface area contributed by atoms with E-state index in [1.807, 2.05) is 0 Å². The highest BCUT2D eigenvalue weighted by molar-refractivity contribution is 5.79. The van der Waals surface area contributed by atoms with Crippen molar-refractivity contribution in [3.63, 3.8) is 0 Å². The summed E-state index contributed by atoms with van der Waals surface area (Å²) < 4.78 is 0. The van der Waals surface area contributed by atoms with Gasteiger partial charge in [0, 0.05) is 12.1 Å². The molecule has 0 saturated heterocycles. The largest absolute Gasteiger partial charge is 0.353 e. The van der Waals surface area contributed by atoms with Gasteiger partial charge in [0.05, 0.1) is 5.92 Å². The van der Waals surface area contributed by atoms with E-state index in [1.54, 1.807) is 0 Å². The third-order valence-electron chi connectivity index (χ3n) is 3.97. The molecule has 1 aliphatic rings. The Morgan fingerprint density at radius 2 is 2.00 bits per heavy atom. The van der Waals surface area contributed by atoms with E-state index in [0.717, 1.165) is 32.1 Å². The molecule has 1 fully saturated rings. The van der Waals surface area contributed by atoms with Gasteiger partial charge >= 0.3 is 0 Å². The first-order valence-corrected chi connectivity index (χ1v) is 6.66. The van der Waals surface area contributed by atoms with Crippen molar-refractivity contribution in [3.05, 3.63) is 0 Å². The van der Waals surface area contributed by atoms with Crippen LogP contribution in [0.25, 0.3) is 0 Å². The topological polar surface area (TPSA) is 55.1 Å². The van der Waals surface area contributed by atoms with Gasteiger partial charge in [0.2, 0.25) is 5.91 Å². The van der Waals surface area contributed by atoms with E-state index in [4.69, 9.17) is 5.73 Å². The Bertz CT molecular complexity index is 226. The monoisotopic (exact) mass is 226 g/mol. The summed E-state index contributed by atoms with van der Waals surface area (Å²) in [6, 6.07) is 0.361. The Kier molecular flexibility index (Phi) is 5.26. The molecule has 16 heavy (non-hydrogen) atoms. The van der Waals surface area contributed by atoms with Crippen LogP contribution < -0.4 is 11.1 Å². The highest BCUT2D eigenvalue weighted by Gasteiger charge is 2.33. The van der Waals surface area contributed by atoms with Gasteiger partial charge in [-0.3, -0.25) is 4.79 Å². The molecule has 0 heterocycles. The summed E-state index contributed by atoms with van der Waals surface area (Å²) in [4.78, 5) is 12.1. The molecule has 0 aromatic carbocycles. The second-order valence-corrected chi connectivity index (χ2v) is 5.11. The SMILES string of the molecule is CCC(CC)NC(=O)C1CCCC(C)C1N. The maximum atomic E-state index is 12.1. The zero-order valence-corrected chi connectivity index (χ0v) is 10.8. The van der Waals surface area contributed by atoms with Crippen molar-refractivity contribution in [1.82, 2.24) is 5.32 Å². The summed E-state index contributed by atoms with van der Waals surface area (Å²) in [7, 11) is 0. The molecule has 1 aliphatic carbocycles. The predicted molar refractivity (Wildman–Crippen MR) is 67.0 cm³/mol. The van der Waals surface area contributed by atoms with Gasteiger partial charge in [-0.25, -0.2) is 0 Å². The molecule has 1 amide bonds. The fourth-order valence-electron chi connectivity index (χ4n) is 2.55. The number of hydrogen-bond acceptors (Lipinski definition) is 2. The third-order valence-corrected chi connectivity index (χ3v) is 3.97. The van der Waals surface area contributed by atoms with E-state index in [9.17, 15) is 4.79 Å². The fourth-order valence-corrected chi connectivity index (χ4v) is 2.55. The second kappa shape index (κ2) is 6.24. The van der Waals surface area contributed by atoms with Crippen molar-refractivity contribution >= 4 is 5.91 Å². The van der Waals surface area contributed by atoms with E-state index >= 15 is 0 Å². The first-order valence-electron chi connectivity index (χ1n) is 6.66. The van der Waals surface area contributed by atoms with Gasteiger partial charge < -0.3 is 11.1 Å². The molecule has 3 nitrogen and oxygen atoms in total. The quantitative estimate of drug-likeness (QED) is 0.771. The van der Waals surface area contributed by atoms with Crippen LogP contribution in [0.5, 0.6) is 0 Å². The van der Waals surface area contributed by atoms with Gasteiger partial charge in [-0.1, -0.05) is 27.2 Å². The molecule has 94 valence electrons. The number of carbonyl (C=O) groups is 1. The van der Waals surface area contributed by atoms with Crippen molar-refractivity contribution in [2.24, 2.45) is 17.6 Å². The molecular formula is C13H26N2O. The van der Waals surface area contributed by atoms with Crippen LogP contribution in [0, 0.1) is 11.8 Å². The van der Waals surface area contributed by atoms with E-state index < -0.39 is 0 Å². The van der Waals surface area contributed by atoms with Crippen molar-refractivity contribution < 1.29 is 4.79 Å². The number of rotatable bonds is 4. The van der Waals surface area contributed by atoms with Crippen LogP contribution in [-0.2, 0) is 4.79 Å². The van der Waals surface area contributed by atoms with Crippen LogP contribution >= 0.6 is 0 Å². The fraction of sp³-hybridized carbons (Fsp3) is 0.923. The summed E-state index contributed by atoms with van der Waals surface area (Å²) in [5.41, 5.74) is 6.12. The molecule has 3 N–H and O–H groups in total. The lowest BCUT2D eigenvalue weighted by Crippen LogP contribution is -2.49. The average Bonchev–Trinajstić information content (AvgIpc) is 2.29. The highest BCUT2D eigenvalue weighted by atomic mass is 16.2. The minimum atomic E-state index is 0.0318. The van der Waals surface area contributed by atoms with Crippen LogP contribution in [0.4, 0.5) is 0 Å². The predicted octanol–water partition coefficient (Wildman–Crippen LogP) is 2.05. The molecular weight excluding hydrogens is 200 g/mol. The molecule has 0 spiro atoms. The standard InChI is InChI=1S/C13H26N2O/c1-4-10(5-2)15-13(16)11-8-6-7-9(3)12(11)14/h9-12H,4-8,14H2,1-3H3,(H,15,16).